The van der Waals surface area contributed by atoms with Crippen LogP contribution in [0.4, 0.5) is 0 Å². The molecule has 2 N–H and O–H groups in total. The summed E-state index contributed by atoms with van der Waals surface area (Å²) >= 11 is 0. The van der Waals surface area contributed by atoms with Gasteiger partial charge in [0.05, 0.1) is 18.7 Å². The first-order valence-corrected chi connectivity index (χ1v) is 6.26. The van der Waals surface area contributed by atoms with Gasteiger partial charge in [-0.1, -0.05) is 24.3 Å². The number of hydrogen-bond acceptors (Lipinski definition) is 4. The van der Waals surface area contributed by atoms with Crippen molar-refractivity contribution in [1.29, 1.82) is 5.26 Å². The second-order valence-electron chi connectivity index (χ2n) is 4.71. The van der Waals surface area contributed by atoms with Crippen LogP contribution < -0.4 is 5.32 Å². The Morgan fingerprint density at radius 3 is 2.95 bits per heavy atom. The normalized spacial score (nSPS) is 21.1. The number of aliphatic hydroxyl groups is 1. The highest BCUT2D eigenvalue weighted by molar-refractivity contribution is 5.36. The van der Waals surface area contributed by atoms with Crippen LogP contribution in [0.5, 0.6) is 0 Å². The van der Waals surface area contributed by atoms with E-state index in [1.807, 2.05) is 30.3 Å². The highest BCUT2D eigenvalue weighted by Gasteiger charge is 2.30. The Bertz CT molecular complexity index is 627. The fraction of sp³-hybridized carbons (Fsp3) is 0.267. The van der Waals surface area contributed by atoms with Gasteiger partial charge in [-0.3, -0.25) is 0 Å². The largest absolute Gasteiger partial charge is 0.449 e. The molecule has 1 aromatic heterocycles. The van der Waals surface area contributed by atoms with Crippen LogP contribution in [0.25, 0.3) is 0 Å². The lowest BCUT2D eigenvalue weighted by Gasteiger charge is -2.17. The number of nitrogens with zero attached hydrogens (tertiary/aromatic N) is 1. The van der Waals surface area contributed by atoms with Gasteiger partial charge in [0.25, 0.3) is 0 Å². The minimum absolute atomic E-state index is 0.0770. The zero-order valence-electron chi connectivity index (χ0n) is 10.3. The van der Waals surface area contributed by atoms with Crippen molar-refractivity contribution in [1.82, 2.24) is 5.32 Å². The summed E-state index contributed by atoms with van der Waals surface area (Å²) in [5.74, 6) is 1.01. The van der Waals surface area contributed by atoms with Crippen molar-refractivity contribution in [3.8, 4) is 6.07 Å². The maximum Gasteiger partial charge on any atom is 0.203 e. The van der Waals surface area contributed by atoms with Crippen LogP contribution in [0.3, 0.4) is 0 Å². The number of hydrogen-bond donors (Lipinski definition) is 2. The van der Waals surface area contributed by atoms with E-state index in [4.69, 9.17) is 9.68 Å². The Kier molecular flexibility index (Phi) is 3.08. The third-order valence-electron chi connectivity index (χ3n) is 3.47. The van der Waals surface area contributed by atoms with E-state index in [-0.39, 0.29) is 6.04 Å². The maximum absolute atomic E-state index is 10.1. The molecule has 2 unspecified atom stereocenters. The maximum atomic E-state index is 10.1. The topological polar surface area (TPSA) is 69.2 Å². The smallest absolute Gasteiger partial charge is 0.203 e. The minimum atomic E-state index is -0.414. The van der Waals surface area contributed by atoms with Crippen LogP contribution in [0.2, 0.25) is 0 Å². The molecule has 4 heteroatoms. The van der Waals surface area contributed by atoms with Crippen LogP contribution in [0.15, 0.2) is 40.8 Å². The predicted octanol–water partition coefficient (Wildman–Crippen LogP) is 1.90. The SMILES string of the molecule is N#Cc1ccc(CNC2c3ccccc3CC2O)o1. The van der Waals surface area contributed by atoms with E-state index in [1.165, 1.54) is 5.56 Å². The summed E-state index contributed by atoms with van der Waals surface area (Å²) < 4.78 is 5.31. The number of nitrogens with one attached hydrogen (secondary N) is 1. The molecule has 96 valence electrons. The highest BCUT2D eigenvalue weighted by atomic mass is 16.3. The molecule has 0 saturated carbocycles. The molecule has 0 bridgehead atoms. The number of furan rings is 1. The van der Waals surface area contributed by atoms with Crippen LogP contribution >= 0.6 is 0 Å². The van der Waals surface area contributed by atoms with E-state index < -0.39 is 6.10 Å². The van der Waals surface area contributed by atoms with Crippen molar-refractivity contribution in [2.75, 3.05) is 0 Å². The van der Waals surface area contributed by atoms with E-state index >= 15 is 0 Å². The predicted molar refractivity (Wildman–Crippen MR) is 69.2 cm³/mol. The van der Waals surface area contributed by atoms with E-state index in [0.29, 0.717) is 24.5 Å². The van der Waals surface area contributed by atoms with Gasteiger partial charge >= 0.3 is 0 Å². The lowest BCUT2D eigenvalue weighted by atomic mass is 10.1. The molecule has 3 rings (SSSR count). The highest BCUT2D eigenvalue weighted by Crippen LogP contribution is 2.31. The number of benzene rings is 1. The summed E-state index contributed by atoms with van der Waals surface area (Å²) in [6.07, 6.45) is 0.262. The third-order valence-corrected chi connectivity index (χ3v) is 3.47. The van der Waals surface area contributed by atoms with Crippen LogP contribution in [-0.2, 0) is 13.0 Å². The first-order valence-electron chi connectivity index (χ1n) is 6.26. The first kappa shape index (κ1) is 12.0. The van der Waals surface area contributed by atoms with Gasteiger partial charge in [-0.2, -0.15) is 5.26 Å². The minimum Gasteiger partial charge on any atom is -0.449 e. The van der Waals surface area contributed by atoms with Gasteiger partial charge in [0, 0.05) is 6.42 Å². The Morgan fingerprint density at radius 2 is 2.16 bits per heavy atom. The molecule has 0 spiro atoms. The lowest BCUT2D eigenvalue weighted by Crippen LogP contribution is -2.28. The number of rotatable bonds is 3. The third kappa shape index (κ3) is 2.26. The molecule has 0 fully saturated rings. The molecule has 2 aromatic rings. The summed E-state index contributed by atoms with van der Waals surface area (Å²) in [5, 5.41) is 22.1. The van der Waals surface area contributed by atoms with Gasteiger partial charge in [-0.05, 0) is 23.3 Å². The zero-order valence-corrected chi connectivity index (χ0v) is 10.3. The van der Waals surface area contributed by atoms with Crippen molar-refractivity contribution in [2.24, 2.45) is 0 Å². The summed E-state index contributed by atoms with van der Waals surface area (Å²) in [4.78, 5) is 0. The monoisotopic (exact) mass is 254 g/mol. The molecule has 0 amide bonds. The van der Waals surface area contributed by atoms with Gasteiger partial charge in [-0.25, -0.2) is 0 Å². The number of aliphatic hydroxyl groups excluding tert-OH is 1. The lowest BCUT2D eigenvalue weighted by molar-refractivity contribution is 0.139. The van der Waals surface area contributed by atoms with E-state index in [1.54, 1.807) is 12.1 Å². The molecule has 1 aliphatic rings. The molecular weight excluding hydrogens is 240 g/mol. The summed E-state index contributed by atoms with van der Waals surface area (Å²) in [5.41, 5.74) is 2.33. The van der Waals surface area contributed by atoms with Gasteiger partial charge < -0.3 is 14.8 Å². The van der Waals surface area contributed by atoms with Gasteiger partial charge in [0.1, 0.15) is 11.8 Å². The first-order chi connectivity index (χ1) is 9.28. The van der Waals surface area contributed by atoms with Crippen LogP contribution in [0.1, 0.15) is 28.7 Å². The second-order valence-corrected chi connectivity index (χ2v) is 4.71. The molecule has 1 aliphatic carbocycles. The molecule has 0 aliphatic heterocycles. The van der Waals surface area contributed by atoms with Crippen molar-refractivity contribution in [2.45, 2.75) is 25.1 Å². The van der Waals surface area contributed by atoms with Gasteiger partial charge in [-0.15, -0.1) is 0 Å². The molecule has 1 heterocycles. The number of nitriles is 1. The van der Waals surface area contributed by atoms with E-state index in [9.17, 15) is 5.11 Å². The Morgan fingerprint density at radius 1 is 1.32 bits per heavy atom. The Labute approximate surface area is 111 Å². The van der Waals surface area contributed by atoms with Crippen molar-refractivity contribution in [3.05, 3.63) is 59.0 Å². The molecule has 0 saturated heterocycles. The van der Waals surface area contributed by atoms with Gasteiger partial charge in [0.2, 0.25) is 5.76 Å². The molecule has 1 aromatic carbocycles. The van der Waals surface area contributed by atoms with Crippen molar-refractivity contribution >= 4 is 0 Å². The van der Waals surface area contributed by atoms with Crippen LogP contribution in [-0.4, -0.2) is 11.2 Å². The summed E-state index contributed by atoms with van der Waals surface area (Å²) in [6, 6.07) is 13.3. The van der Waals surface area contributed by atoms with E-state index in [0.717, 1.165) is 5.56 Å². The average molecular weight is 254 g/mol. The summed E-state index contributed by atoms with van der Waals surface area (Å²) in [7, 11) is 0. The fourth-order valence-corrected chi connectivity index (χ4v) is 2.56. The van der Waals surface area contributed by atoms with Gasteiger partial charge in [0.15, 0.2) is 0 Å². The van der Waals surface area contributed by atoms with E-state index in [2.05, 4.69) is 5.32 Å². The molecule has 2 atom stereocenters. The Hall–Kier alpha value is -2.09. The molecule has 4 nitrogen and oxygen atoms in total. The van der Waals surface area contributed by atoms with Crippen molar-refractivity contribution in [3.63, 3.8) is 0 Å². The molecule has 19 heavy (non-hydrogen) atoms. The van der Waals surface area contributed by atoms with Crippen molar-refractivity contribution < 1.29 is 9.52 Å². The second kappa shape index (κ2) is 4.88. The van der Waals surface area contributed by atoms with Crippen LogP contribution in [0, 0.1) is 11.3 Å². The molecular formula is C15H14N2O2. The Balaban J connectivity index is 1.72. The zero-order chi connectivity index (χ0) is 13.2. The average Bonchev–Trinajstić information content (AvgIpc) is 3.00. The fourth-order valence-electron chi connectivity index (χ4n) is 2.56. The summed E-state index contributed by atoms with van der Waals surface area (Å²) in [6.45, 7) is 0.498. The molecule has 0 radical (unpaired) electrons. The standard InChI is InChI=1S/C15H14N2O2/c16-8-11-5-6-12(19-11)9-17-15-13-4-2-1-3-10(13)7-14(15)18/h1-6,14-15,17-18H,7,9H2. The quantitative estimate of drug-likeness (QED) is 0.877. The number of fused-ring (bicyclic) bond motifs is 1.